The highest BCUT2D eigenvalue weighted by atomic mass is 32.2. The quantitative estimate of drug-likeness (QED) is 0.858. The second kappa shape index (κ2) is 6.95. The first-order valence-electron chi connectivity index (χ1n) is 8.42. The van der Waals surface area contributed by atoms with E-state index in [0.29, 0.717) is 23.7 Å². The Balaban J connectivity index is 1.98. The van der Waals surface area contributed by atoms with E-state index in [2.05, 4.69) is 10.4 Å². The topological polar surface area (TPSA) is 98.1 Å². The van der Waals surface area contributed by atoms with Gasteiger partial charge in [-0.1, -0.05) is 31.5 Å². The van der Waals surface area contributed by atoms with Crippen LogP contribution in [0, 0.1) is 0 Å². The molecule has 1 aliphatic heterocycles. The summed E-state index contributed by atoms with van der Waals surface area (Å²) in [6.07, 6.45) is 2.09. The zero-order valence-corrected chi connectivity index (χ0v) is 14.9. The molecule has 0 aliphatic carbocycles. The lowest BCUT2D eigenvalue weighted by atomic mass is 10.1. The average Bonchev–Trinajstić information content (AvgIpc) is 2.93. The zero-order valence-electron chi connectivity index (χ0n) is 14.1. The van der Waals surface area contributed by atoms with Gasteiger partial charge < -0.3 is 5.32 Å². The number of amides is 1. The fourth-order valence-electron chi connectivity index (χ4n) is 3.02. The Morgan fingerprint density at radius 2 is 2.04 bits per heavy atom. The van der Waals surface area contributed by atoms with Crippen LogP contribution < -0.4 is 10.9 Å². The van der Waals surface area contributed by atoms with Gasteiger partial charge in [-0.25, -0.2) is 13.1 Å². The van der Waals surface area contributed by atoms with Crippen molar-refractivity contribution < 1.29 is 13.2 Å². The summed E-state index contributed by atoms with van der Waals surface area (Å²) in [6, 6.07) is 6.46. The van der Waals surface area contributed by atoms with Gasteiger partial charge in [0, 0.05) is 18.0 Å². The summed E-state index contributed by atoms with van der Waals surface area (Å²) in [5.74, 6) is -0.405. The van der Waals surface area contributed by atoms with E-state index in [1.165, 1.54) is 4.68 Å². The fraction of sp³-hybridized carbons (Fsp3) is 0.471. The van der Waals surface area contributed by atoms with Crippen molar-refractivity contribution in [1.29, 1.82) is 0 Å². The molecule has 0 radical (unpaired) electrons. The van der Waals surface area contributed by atoms with E-state index in [-0.39, 0.29) is 22.8 Å². The van der Waals surface area contributed by atoms with Gasteiger partial charge in [0.1, 0.15) is 0 Å². The molecule has 25 heavy (non-hydrogen) atoms. The average molecular weight is 363 g/mol. The van der Waals surface area contributed by atoms with Gasteiger partial charge >= 0.3 is 0 Å². The number of benzene rings is 1. The molecule has 1 fully saturated rings. The van der Waals surface area contributed by atoms with E-state index in [1.54, 1.807) is 24.3 Å². The molecular weight excluding hydrogens is 342 g/mol. The van der Waals surface area contributed by atoms with Crippen molar-refractivity contribution in [1.82, 2.24) is 15.1 Å². The Kier molecular flexibility index (Phi) is 4.89. The van der Waals surface area contributed by atoms with Crippen LogP contribution in [0.1, 0.15) is 36.7 Å². The van der Waals surface area contributed by atoms with Gasteiger partial charge in [0.15, 0.2) is 15.5 Å². The number of nitrogens with zero attached hydrogens (tertiary/aromatic N) is 2. The molecule has 1 N–H and O–H groups in total. The van der Waals surface area contributed by atoms with Crippen molar-refractivity contribution in [3.05, 3.63) is 40.3 Å². The number of carbonyl (C=O) groups excluding carboxylic acids is 1. The molecule has 1 aromatic carbocycles. The van der Waals surface area contributed by atoms with Crippen LogP contribution in [0.5, 0.6) is 0 Å². The lowest BCUT2D eigenvalue weighted by Crippen LogP contribution is -2.37. The number of unbranched alkanes of at least 4 members (excludes halogenated alkanes) is 1. The summed E-state index contributed by atoms with van der Waals surface area (Å²) in [4.78, 5) is 25.2. The molecule has 134 valence electrons. The first-order valence-corrected chi connectivity index (χ1v) is 10.2. The van der Waals surface area contributed by atoms with Crippen LogP contribution >= 0.6 is 0 Å². The molecule has 2 aromatic rings. The smallest absolute Gasteiger partial charge is 0.274 e. The molecule has 2 heterocycles. The lowest BCUT2D eigenvalue weighted by Gasteiger charge is -2.13. The zero-order chi connectivity index (χ0) is 18.0. The maximum Gasteiger partial charge on any atom is 0.274 e. The molecule has 8 heteroatoms. The SMILES string of the molecule is CCCCn1nc(C(=O)N[C@H]2CCS(=O)(=O)C2)c2ccccc2c1=O. The Morgan fingerprint density at radius 1 is 1.32 bits per heavy atom. The molecule has 1 aromatic heterocycles. The van der Waals surface area contributed by atoms with Crippen molar-refractivity contribution in [2.45, 2.75) is 38.8 Å². The minimum atomic E-state index is -3.08. The van der Waals surface area contributed by atoms with Crippen LogP contribution in [-0.2, 0) is 16.4 Å². The number of carbonyl (C=O) groups is 1. The number of hydrogen-bond acceptors (Lipinski definition) is 5. The summed E-state index contributed by atoms with van der Waals surface area (Å²) >= 11 is 0. The highest BCUT2D eigenvalue weighted by Gasteiger charge is 2.30. The number of rotatable bonds is 5. The third-order valence-corrected chi connectivity index (χ3v) is 6.14. The van der Waals surface area contributed by atoms with Gasteiger partial charge in [0.05, 0.1) is 16.9 Å². The first-order chi connectivity index (χ1) is 11.9. The van der Waals surface area contributed by atoms with Gasteiger partial charge in [-0.05, 0) is 18.9 Å². The molecule has 1 aliphatic rings. The number of aryl methyl sites for hydroxylation is 1. The lowest BCUT2D eigenvalue weighted by molar-refractivity contribution is 0.0935. The second-order valence-electron chi connectivity index (χ2n) is 6.35. The van der Waals surface area contributed by atoms with Crippen LogP contribution in [-0.4, -0.2) is 41.7 Å². The van der Waals surface area contributed by atoms with Gasteiger partial charge in [-0.15, -0.1) is 0 Å². The van der Waals surface area contributed by atoms with Crippen LogP contribution in [0.25, 0.3) is 10.8 Å². The summed E-state index contributed by atoms with van der Waals surface area (Å²) in [5, 5.41) is 7.94. The van der Waals surface area contributed by atoms with Crippen molar-refractivity contribution in [2.75, 3.05) is 11.5 Å². The van der Waals surface area contributed by atoms with Crippen molar-refractivity contribution in [3.8, 4) is 0 Å². The Bertz CT molecular complexity index is 966. The van der Waals surface area contributed by atoms with Crippen LogP contribution in [0.2, 0.25) is 0 Å². The monoisotopic (exact) mass is 363 g/mol. The second-order valence-corrected chi connectivity index (χ2v) is 8.58. The molecule has 0 saturated carbocycles. The van der Waals surface area contributed by atoms with Gasteiger partial charge in [-0.3, -0.25) is 9.59 Å². The minimum absolute atomic E-state index is 0.0495. The summed E-state index contributed by atoms with van der Waals surface area (Å²) in [7, 11) is -3.08. The van der Waals surface area contributed by atoms with E-state index < -0.39 is 21.8 Å². The predicted octanol–water partition coefficient (Wildman–Crippen LogP) is 1.11. The van der Waals surface area contributed by atoms with Gasteiger partial charge in [0.2, 0.25) is 0 Å². The molecule has 0 unspecified atom stereocenters. The molecule has 0 bridgehead atoms. The Morgan fingerprint density at radius 3 is 2.68 bits per heavy atom. The Labute approximate surface area is 146 Å². The van der Waals surface area contributed by atoms with Gasteiger partial charge in [0.25, 0.3) is 11.5 Å². The van der Waals surface area contributed by atoms with Gasteiger partial charge in [-0.2, -0.15) is 5.10 Å². The number of sulfone groups is 1. The molecular formula is C17H21N3O4S. The van der Waals surface area contributed by atoms with Crippen LogP contribution in [0.3, 0.4) is 0 Å². The van der Waals surface area contributed by atoms with Crippen molar-refractivity contribution >= 4 is 26.5 Å². The van der Waals surface area contributed by atoms with Crippen molar-refractivity contribution in [2.24, 2.45) is 0 Å². The third-order valence-electron chi connectivity index (χ3n) is 4.37. The van der Waals surface area contributed by atoms with Crippen LogP contribution in [0.15, 0.2) is 29.1 Å². The largest absolute Gasteiger partial charge is 0.347 e. The summed E-state index contributed by atoms with van der Waals surface area (Å²) < 4.78 is 24.5. The molecule has 1 amide bonds. The molecule has 3 rings (SSSR count). The third kappa shape index (κ3) is 3.73. The van der Waals surface area contributed by atoms with E-state index in [0.717, 1.165) is 12.8 Å². The van der Waals surface area contributed by atoms with Crippen LogP contribution in [0.4, 0.5) is 0 Å². The number of fused-ring (bicyclic) bond motifs is 1. The van der Waals surface area contributed by atoms with E-state index in [1.807, 2.05) is 6.92 Å². The normalized spacial score (nSPS) is 19.2. The first kappa shape index (κ1) is 17.6. The maximum atomic E-state index is 12.7. The molecule has 0 spiro atoms. The summed E-state index contributed by atoms with van der Waals surface area (Å²) in [6.45, 7) is 2.46. The number of nitrogens with one attached hydrogen (secondary N) is 1. The van der Waals surface area contributed by atoms with E-state index in [4.69, 9.17) is 0 Å². The standard InChI is InChI=1S/C17H21N3O4S/c1-2-3-9-20-17(22)14-7-5-4-6-13(14)15(19-20)16(21)18-12-8-10-25(23,24)11-12/h4-7,12H,2-3,8-11H2,1H3,(H,18,21)/t12-/m0/s1. The fourth-order valence-corrected chi connectivity index (χ4v) is 4.70. The predicted molar refractivity (Wildman–Crippen MR) is 95.4 cm³/mol. The molecule has 1 saturated heterocycles. The maximum absolute atomic E-state index is 12.7. The van der Waals surface area contributed by atoms with E-state index >= 15 is 0 Å². The highest BCUT2D eigenvalue weighted by molar-refractivity contribution is 7.91. The van der Waals surface area contributed by atoms with E-state index in [9.17, 15) is 18.0 Å². The number of hydrogen-bond donors (Lipinski definition) is 1. The number of aromatic nitrogens is 2. The highest BCUT2D eigenvalue weighted by Crippen LogP contribution is 2.16. The molecule has 7 nitrogen and oxygen atoms in total. The minimum Gasteiger partial charge on any atom is -0.347 e. The van der Waals surface area contributed by atoms with Crippen molar-refractivity contribution in [3.63, 3.8) is 0 Å². The summed E-state index contributed by atoms with van der Waals surface area (Å²) in [5.41, 5.74) is -0.0559. The Hall–Kier alpha value is -2.22. The molecule has 1 atom stereocenters.